The first kappa shape index (κ1) is 14.8. The van der Waals surface area contributed by atoms with Gasteiger partial charge in [0.1, 0.15) is 5.69 Å². The van der Waals surface area contributed by atoms with Gasteiger partial charge in [0.25, 0.3) is 0 Å². The summed E-state index contributed by atoms with van der Waals surface area (Å²) in [6.45, 7) is 3.91. The smallest absolute Gasteiger partial charge is 0.358 e. The van der Waals surface area contributed by atoms with E-state index in [-0.39, 0.29) is 5.69 Å². The van der Waals surface area contributed by atoms with E-state index in [4.69, 9.17) is 5.73 Å². The van der Waals surface area contributed by atoms with E-state index in [1.165, 1.54) is 0 Å². The lowest BCUT2D eigenvalue weighted by molar-refractivity contribution is 0.0691. The molecule has 0 aliphatic heterocycles. The van der Waals surface area contributed by atoms with Gasteiger partial charge in [-0.1, -0.05) is 29.5 Å². The third-order valence-electron chi connectivity index (χ3n) is 3.63. The molecule has 23 heavy (non-hydrogen) atoms. The number of carbonyl (C=O) groups is 1. The molecule has 0 radical (unpaired) electrons. The number of hydrogen-bond donors (Lipinski definition) is 2. The molecule has 0 unspecified atom stereocenters. The average molecular weight is 308 g/mol. The lowest BCUT2D eigenvalue weighted by Gasteiger charge is -2.11. The Morgan fingerprint density at radius 1 is 1.17 bits per heavy atom. The van der Waals surface area contributed by atoms with Crippen molar-refractivity contribution in [3.8, 4) is 16.9 Å². The monoisotopic (exact) mass is 308 g/mol. The molecular formula is C17H16N4O2. The zero-order valence-corrected chi connectivity index (χ0v) is 12.8. The van der Waals surface area contributed by atoms with Gasteiger partial charge < -0.3 is 10.8 Å². The minimum atomic E-state index is -1.13. The van der Waals surface area contributed by atoms with E-state index in [9.17, 15) is 9.90 Å². The predicted octanol–water partition coefficient (Wildman–Crippen LogP) is 2.83. The summed E-state index contributed by atoms with van der Waals surface area (Å²) in [7, 11) is 0. The van der Waals surface area contributed by atoms with Crippen LogP contribution in [0, 0.1) is 13.8 Å². The first-order chi connectivity index (χ1) is 11.0. The Balaban J connectivity index is 2.31. The van der Waals surface area contributed by atoms with Crippen LogP contribution in [-0.4, -0.2) is 26.1 Å². The summed E-state index contributed by atoms with van der Waals surface area (Å²) in [6.07, 6.45) is 0. The molecular weight excluding hydrogens is 292 g/mol. The van der Waals surface area contributed by atoms with E-state index in [2.05, 4.69) is 10.3 Å². The number of nitrogens with zero attached hydrogens (tertiary/aromatic N) is 3. The van der Waals surface area contributed by atoms with Gasteiger partial charge in [0, 0.05) is 11.3 Å². The van der Waals surface area contributed by atoms with Gasteiger partial charge in [-0.15, -0.1) is 5.10 Å². The second-order valence-electron chi connectivity index (χ2n) is 5.42. The summed E-state index contributed by atoms with van der Waals surface area (Å²) >= 11 is 0. The number of aryl methyl sites for hydroxylation is 2. The molecule has 0 aliphatic rings. The van der Waals surface area contributed by atoms with Crippen molar-refractivity contribution in [2.45, 2.75) is 13.8 Å². The maximum absolute atomic E-state index is 11.5. The summed E-state index contributed by atoms with van der Waals surface area (Å²) in [5.41, 5.74) is 10.2. The number of aromatic nitrogens is 3. The normalized spacial score (nSPS) is 10.7. The Kier molecular flexibility index (Phi) is 3.57. The highest BCUT2D eigenvalue weighted by molar-refractivity contribution is 5.93. The fourth-order valence-corrected chi connectivity index (χ4v) is 2.49. The lowest BCUT2D eigenvalue weighted by atomic mass is 10.1. The number of hydrogen-bond acceptors (Lipinski definition) is 4. The Bertz CT molecular complexity index is 899. The molecule has 1 heterocycles. The molecule has 0 atom stereocenters. The van der Waals surface area contributed by atoms with Crippen LogP contribution in [0.25, 0.3) is 16.9 Å². The molecule has 1 aromatic heterocycles. The van der Waals surface area contributed by atoms with Crippen molar-refractivity contribution in [1.29, 1.82) is 0 Å². The molecule has 0 bridgehead atoms. The molecule has 0 amide bonds. The van der Waals surface area contributed by atoms with E-state index in [0.717, 1.165) is 16.8 Å². The van der Waals surface area contributed by atoms with Gasteiger partial charge in [-0.05, 0) is 43.2 Å². The Morgan fingerprint density at radius 2 is 1.96 bits per heavy atom. The van der Waals surface area contributed by atoms with Crippen molar-refractivity contribution >= 4 is 11.7 Å². The van der Waals surface area contributed by atoms with Gasteiger partial charge >= 0.3 is 5.97 Å². The summed E-state index contributed by atoms with van der Waals surface area (Å²) in [5, 5.41) is 17.3. The van der Waals surface area contributed by atoms with Crippen molar-refractivity contribution in [3.63, 3.8) is 0 Å². The van der Waals surface area contributed by atoms with Crippen LogP contribution in [0.15, 0.2) is 42.5 Å². The Morgan fingerprint density at radius 3 is 2.65 bits per heavy atom. The first-order valence-electron chi connectivity index (χ1n) is 7.10. The number of aromatic carboxylic acids is 1. The largest absolute Gasteiger partial charge is 0.476 e. The molecule has 116 valence electrons. The van der Waals surface area contributed by atoms with Gasteiger partial charge in [-0.25, -0.2) is 9.48 Å². The summed E-state index contributed by atoms with van der Waals surface area (Å²) in [6, 6.07) is 12.9. The highest BCUT2D eigenvalue weighted by Gasteiger charge is 2.22. The highest BCUT2D eigenvalue weighted by Crippen LogP contribution is 2.28. The van der Waals surface area contributed by atoms with Crippen LogP contribution in [0.5, 0.6) is 0 Å². The summed E-state index contributed by atoms with van der Waals surface area (Å²) < 4.78 is 1.56. The topological polar surface area (TPSA) is 94.0 Å². The highest BCUT2D eigenvalue weighted by atomic mass is 16.4. The molecule has 3 rings (SSSR count). The van der Waals surface area contributed by atoms with Crippen molar-refractivity contribution in [2.24, 2.45) is 0 Å². The lowest BCUT2D eigenvalue weighted by Crippen LogP contribution is -2.05. The van der Waals surface area contributed by atoms with Crippen molar-refractivity contribution in [3.05, 3.63) is 59.3 Å². The number of nitrogen functional groups attached to an aromatic ring is 1. The minimum Gasteiger partial charge on any atom is -0.476 e. The molecule has 0 fully saturated rings. The van der Waals surface area contributed by atoms with Crippen molar-refractivity contribution in [2.75, 3.05) is 5.73 Å². The Labute approximate surface area is 133 Å². The first-order valence-corrected chi connectivity index (χ1v) is 7.10. The van der Waals surface area contributed by atoms with Crippen LogP contribution in [0.3, 0.4) is 0 Å². The van der Waals surface area contributed by atoms with Gasteiger partial charge in [-0.3, -0.25) is 0 Å². The number of anilines is 1. The van der Waals surface area contributed by atoms with E-state index in [1.54, 1.807) is 28.9 Å². The molecule has 0 aliphatic carbocycles. The zero-order chi connectivity index (χ0) is 16.6. The Hall–Kier alpha value is -3.15. The molecule has 6 nitrogen and oxygen atoms in total. The number of nitrogens with two attached hydrogens (primary N) is 1. The SMILES string of the molecule is Cc1ccc(C)c(-n2nnc(C(=O)O)c2-c2cccc(N)c2)c1. The van der Waals surface area contributed by atoms with Crippen molar-refractivity contribution in [1.82, 2.24) is 15.0 Å². The molecule has 0 saturated heterocycles. The number of rotatable bonds is 3. The standard InChI is InChI=1S/C17H16N4O2/c1-10-6-7-11(2)14(8-10)21-16(15(17(22)23)19-20-21)12-4-3-5-13(18)9-12/h3-9H,18H2,1-2H3,(H,22,23). The van der Waals surface area contributed by atoms with E-state index in [1.807, 2.05) is 32.0 Å². The van der Waals surface area contributed by atoms with Crippen LogP contribution in [0.1, 0.15) is 21.6 Å². The van der Waals surface area contributed by atoms with Gasteiger partial charge in [0.05, 0.1) is 5.69 Å². The third-order valence-corrected chi connectivity index (χ3v) is 3.63. The van der Waals surface area contributed by atoms with Gasteiger partial charge in [-0.2, -0.15) is 0 Å². The molecule has 6 heteroatoms. The number of carboxylic acid groups (broad SMARTS) is 1. The maximum atomic E-state index is 11.5. The van der Waals surface area contributed by atoms with Crippen LogP contribution in [0.4, 0.5) is 5.69 Å². The minimum absolute atomic E-state index is 0.100. The second-order valence-corrected chi connectivity index (χ2v) is 5.42. The molecule has 0 spiro atoms. The quantitative estimate of drug-likeness (QED) is 0.726. The van der Waals surface area contributed by atoms with Crippen LogP contribution in [-0.2, 0) is 0 Å². The summed E-state index contributed by atoms with van der Waals surface area (Å²) in [5.74, 6) is -1.13. The molecule has 2 aromatic carbocycles. The average Bonchev–Trinajstić information content (AvgIpc) is 2.94. The number of benzene rings is 2. The van der Waals surface area contributed by atoms with E-state index < -0.39 is 5.97 Å². The predicted molar refractivity (Wildman–Crippen MR) is 87.6 cm³/mol. The fourth-order valence-electron chi connectivity index (χ4n) is 2.49. The molecule has 3 N–H and O–H groups in total. The van der Waals surface area contributed by atoms with Gasteiger partial charge in [0.2, 0.25) is 0 Å². The van der Waals surface area contributed by atoms with Crippen LogP contribution in [0.2, 0.25) is 0 Å². The van der Waals surface area contributed by atoms with E-state index >= 15 is 0 Å². The molecule has 0 saturated carbocycles. The van der Waals surface area contributed by atoms with Crippen molar-refractivity contribution < 1.29 is 9.90 Å². The van der Waals surface area contributed by atoms with Crippen LogP contribution >= 0.6 is 0 Å². The maximum Gasteiger partial charge on any atom is 0.358 e. The number of carboxylic acids is 1. The third kappa shape index (κ3) is 2.66. The second kappa shape index (κ2) is 5.57. The fraction of sp³-hybridized carbons (Fsp3) is 0.118. The molecule has 3 aromatic rings. The zero-order valence-electron chi connectivity index (χ0n) is 12.8. The van der Waals surface area contributed by atoms with Crippen LogP contribution < -0.4 is 5.73 Å². The van der Waals surface area contributed by atoms with E-state index in [0.29, 0.717) is 16.9 Å². The van der Waals surface area contributed by atoms with Gasteiger partial charge in [0.15, 0.2) is 5.69 Å². The summed E-state index contributed by atoms with van der Waals surface area (Å²) in [4.78, 5) is 11.5.